The third kappa shape index (κ3) is 2.05. The number of aryl methyl sites for hydroxylation is 1. The van der Waals surface area contributed by atoms with E-state index in [2.05, 4.69) is 18.2 Å². The Morgan fingerprint density at radius 2 is 1.70 bits per heavy atom. The lowest BCUT2D eigenvalue weighted by Crippen LogP contribution is -1.90. The molecule has 112 valence electrons. The van der Waals surface area contributed by atoms with E-state index >= 15 is 0 Å². The number of benzene rings is 2. The van der Waals surface area contributed by atoms with Crippen LogP contribution in [0.5, 0.6) is 0 Å². The monoisotopic (exact) mass is 303 g/mol. The molecule has 0 atom stereocenters. The summed E-state index contributed by atoms with van der Waals surface area (Å²) < 4.78 is 1.93. The van der Waals surface area contributed by atoms with Gasteiger partial charge in [0.25, 0.3) is 5.69 Å². The number of hydrogen-bond acceptors (Lipinski definition) is 3. The molecule has 0 spiro atoms. The molecule has 4 rings (SSSR count). The minimum atomic E-state index is -0.395. The van der Waals surface area contributed by atoms with Crippen LogP contribution in [-0.2, 0) is 0 Å². The van der Waals surface area contributed by atoms with Gasteiger partial charge in [-0.15, -0.1) is 0 Å². The maximum absolute atomic E-state index is 10.8. The van der Waals surface area contributed by atoms with Crippen LogP contribution in [0.15, 0.2) is 60.7 Å². The lowest BCUT2D eigenvalue weighted by Gasteiger charge is -2.00. The van der Waals surface area contributed by atoms with Crippen molar-refractivity contribution in [3.05, 3.63) is 76.3 Å². The van der Waals surface area contributed by atoms with E-state index in [9.17, 15) is 10.1 Å². The fraction of sp³-hybridized carbons (Fsp3) is 0.0556. The van der Waals surface area contributed by atoms with Crippen LogP contribution in [0.4, 0.5) is 5.69 Å². The van der Waals surface area contributed by atoms with E-state index in [-0.39, 0.29) is 5.69 Å². The molecule has 5 heteroatoms. The molecular weight excluding hydrogens is 290 g/mol. The Hall–Kier alpha value is -3.21. The number of para-hydroxylation sites is 1. The van der Waals surface area contributed by atoms with E-state index in [1.807, 2.05) is 29.6 Å². The summed E-state index contributed by atoms with van der Waals surface area (Å²) in [6.07, 6.45) is 0. The SMILES string of the molecule is Cc1c(-c2ccc([N+](=O)[O-])cc2)nn2c1ccc1ccccc12. The average Bonchev–Trinajstić information content (AvgIpc) is 2.92. The van der Waals surface area contributed by atoms with Crippen molar-refractivity contribution in [1.82, 2.24) is 9.61 Å². The summed E-state index contributed by atoms with van der Waals surface area (Å²) in [4.78, 5) is 10.4. The van der Waals surface area contributed by atoms with Crippen LogP contribution in [0.25, 0.3) is 27.7 Å². The molecule has 0 saturated carbocycles. The number of nitro benzene ring substituents is 1. The molecule has 0 amide bonds. The normalized spacial score (nSPS) is 11.2. The van der Waals surface area contributed by atoms with Crippen molar-refractivity contribution >= 4 is 22.1 Å². The number of hydrogen-bond donors (Lipinski definition) is 0. The molecule has 0 aliphatic carbocycles. The first-order chi connectivity index (χ1) is 11.1. The highest BCUT2D eigenvalue weighted by Gasteiger charge is 2.13. The van der Waals surface area contributed by atoms with Crippen molar-refractivity contribution in [2.75, 3.05) is 0 Å². The second kappa shape index (κ2) is 4.91. The summed E-state index contributed by atoms with van der Waals surface area (Å²) in [5.74, 6) is 0. The third-order valence-electron chi connectivity index (χ3n) is 4.10. The number of pyridine rings is 1. The van der Waals surface area contributed by atoms with Gasteiger partial charge in [-0.25, -0.2) is 4.52 Å². The van der Waals surface area contributed by atoms with Crippen LogP contribution in [0.1, 0.15) is 5.56 Å². The van der Waals surface area contributed by atoms with Crippen molar-refractivity contribution in [3.63, 3.8) is 0 Å². The van der Waals surface area contributed by atoms with Crippen molar-refractivity contribution < 1.29 is 4.92 Å². The Kier molecular flexibility index (Phi) is 2.87. The van der Waals surface area contributed by atoms with Gasteiger partial charge in [0.05, 0.1) is 21.7 Å². The van der Waals surface area contributed by atoms with E-state index in [1.54, 1.807) is 12.1 Å². The van der Waals surface area contributed by atoms with Crippen LogP contribution in [-0.4, -0.2) is 14.5 Å². The molecule has 23 heavy (non-hydrogen) atoms. The summed E-state index contributed by atoms with van der Waals surface area (Å²) in [7, 11) is 0. The van der Waals surface area contributed by atoms with Crippen molar-refractivity contribution in [2.45, 2.75) is 6.92 Å². The van der Waals surface area contributed by atoms with Gasteiger partial charge in [0.2, 0.25) is 0 Å². The molecule has 0 N–H and O–H groups in total. The zero-order valence-electron chi connectivity index (χ0n) is 12.4. The Morgan fingerprint density at radius 1 is 0.957 bits per heavy atom. The fourth-order valence-corrected chi connectivity index (χ4v) is 2.89. The molecule has 0 saturated heterocycles. The average molecular weight is 303 g/mol. The first-order valence-electron chi connectivity index (χ1n) is 7.27. The standard InChI is InChI=1S/C18H13N3O2/c1-12-16-11-8-13-4-2-3-5-17(13)20(16)19-18(12)14-6-9-15(10-7-14)21(22)23/h2-11H,1H3. The minimum Gasteiger partial charge on any atom is -0.258 e. The minimum absolute atomic E-state index is 0.0839. The maximum Gasteiger partial charge on any atom is 0.269 e. The summed E-state index contributed by atoms with van der Waals surface area (Å²) in [5, 5.41) is 16.6. The van der Waals surface area contributed by atoms with E-state index in [0.29, 0.717) is 0 Å². The number of non-ortho nitro benzene ring substituents is 1. The van der Waals surface area contributed by atoms with Crippen molar-refractivity contribution in [3.8, 4) is 11.3 Å². The van der Waals surface area contributed by atoms with Gasteiger partial charge in [0.15, 0.2) is 0 Å². The quantitative estimate of drug-likeness (QED) is 0.408. The van der Waals surface area contributed by atoms with Crippen LogP contribution < -0.4 is 0 Å². The second-order valence-electron chi connectivity index (χ2n) is 5.47. The molecule has 0 bridgehead atoms. The Balaban J connectivity index is 1.95. The van der Waals surface area contributed by atoms with Gasteiger partial charge < -0.3 is 0 Å². The summed E-state index contributed by atoms with van der Waals surface area (Å²) >= 11 is 0. The molecule has 0 aliphatic heterocycles. The Bertz CT molecular complexity index is 1050. The molecule has 0 aliphatic rings. The lowest BCUT2D eigenvalue weighted by atomic mass is 10.1. The first-order valence-corrected chi connectivity index (χ1v) is 7.27. The third-order valence-corrected chi connectivity index (χ3v) is 4.10. The molecule has 4 aromatic rings. The van der Waals surface area contributed by atoms with Crippen molar-refractivity contribution in [2.24, 2.45) is 0 Å². The van der Waals surface area contributed by atoms with E-state index in [1.165, 1.54) is 12.1 Å². The van der Waals surface area contributed by atoms with Crippen molar-refractivity contribution in [1.29, 1.82) is 0 Å². The zero-order chi connectivity index (χ0) is 16.0. The molecule has 2 heterocycles. The fourth-order valence-electron chi connectivity index (χ4n) is 2.89. The molecule has 5 nitrogen and oxygen atoms in total. The topological polar surface area (TPSA) is 60.4 Å². The molecule has 0 radical (unpaired) electrons. The van der Waals surface area contributed by atoms with Gasteiger partial charge in [-0.2, -0.15) is 5.10 Å². The molecule has 2 aromatic heterocycles. The Labute approximate surface area is 131 Å². The highest BCUT2D eigenvalue weighted by atomic mass is 16.6. The predicted molar refractivity (Wildman–Crippen MR) is 89.5 cm³/mol. The summed E-state index contributed by atoms with van der Waals surface area (Å²) in [5.41, 5.74) is 4.95. The number of fused-ring (bicyclic) bond motifs is 3. The van der Waals surface area contributed by atoms with Crippen LogP contribution >= 0.6 is 0 Å². The van der Waals surface area contributed by atoms with Gasteiger partial charge in [0, 0.05) is 28.6 Å². The first kappa shape index (κ1) is 13.5. The Morgan fingerprint density at radius 3 is 2.43 bits per heavy atom. The van der Waals surface area contributed by atoms with Gasteiger partial charge in [-0.1, -0.05) is 24.3 Å². The van der Waals surface area contributed by atoms with Gasteiger partial charge in [0.1, 0.15) is 0 Å². The molecular formula is C18H13N3O2. The zero-order valence-corrected chi connectivity index (χ0v) is 12.4. The number of rotatable bonds is 2. The summed E-state index contributed by atoms with van der Waals surface area (Å²) in [6.45, 7) is 2.02. The van der Waals surface area contributed by atoms with Gasteiger partial charge >= 0.3 is 0 Å². The smallest absolute Gasteiger partial charge is 0.258 e. The number of aromatic nitrogens is 2. The van der Waals surface area contributed by atoms with Crippen LogP contribution in [0.3, 0.4) is 0 Å². The van der Waals surface area contributed by atoms with Gasteiger partial charge in [-0.3, -0.25) is 10.1 Å². The number of nitro groups is 1. The second-order valence-corrected chi connectivity index (χ2v) is 5.47. The van der Waals surface area contributed by atoms with E-state index in [4.69, 9.17) is 5.10 Å². The van der Waals surface area contributed by atoms with E-state index in [0.717, 1.165) is 33.2 Å². The largest absolute Gasteiger partial charge is 0.269 e. The van der Waals surface area contributed by atoms with Crippen LogP contribution in [0.2, 0.25) is 0 Å². The lowest BCUT2D eigenvalue weighted by molar-refractivity contribution is -0.384. The highest BCUT2D eigenvalue weighted by molar-refractivity contribution is 5.85. The highest BCUT2D eigenvalue weighted by Crippen LogP contribution is 2.29. The van der Waals surface area contributed by atoms with Crippen LogP contribution in [0, 0.1) is 17.0 Å². The number of nitrogens with zero attached hydrogens (tertiary/aromatic N) is 3. The molecule has 0 fully saturated rings. The molecule has 0 unspecified atom stereocenters. The predicted octanol–water partition coefficient (Wildman–Crippen LogP) is 4.37. The van der Waals surface area contributed by atoms with E-state index < -0.39 is 4.92 Å². The van der Waals surface area contributed by atoms with Gasteiger partial charge in [-0.05, 0) is 31.2 Å². The maximum atomic E-state index is 10.8. The summed E-state index contributed by atoms with van der Waals surface area (Å²) in [6, 6.07) is 18.7. The molecule has 2 aromatic carbocycles.